The summed E-state index contributed by atoms with van der Waals surface area (Å²) in [6, 6.07) is 6.09. The molecule has 120 valence electrons. The molecular formula is C17H28BrNO2. The van der Waals surface area contributed by atoms with E-state index in [0.717, 1.165) is 10.0 Å². The van der Waals surface area contributed by atoms with Crippen molar-refractivity contribution in [2.24, 2.45) is 0 Å². The summed E-state index contributed by atoms with van der Waals surface area (Å²) < 4.78 is 6.43. The number of carbonyl (C=O) groups excluding carboxylic acids is 1. The van der Waals surface area contributed by atoms with Crippen LogP contribution in [-0.4, -0.2) is 23.1 Å². The lowest BCUT2D eigenvalue weighted by atomic mass is 10.1. The van der Waals surface area contributed by atoms with E-state index in [9.17, 15) is 4.79 Å². The Morgan fingerprint density at radius 3 is 2.33 bits per heavy atom. The van der Waals surface area contributed by atoms with Crippen LogP contribution in [0.4, 0.5) is 4.79 Å². The van der Waals surface area contributed by atoms with E-state index in [1.165, 1.54) is 5.56 Å². The summed E-state index contributed by atoms with van der Waals surface area (Å²) in [4.78, 5) is 13.8. The number of amides is 1. The van der Waals surface area contributed by atoms with E-state index in [1.54, 1.807) is 4.90 Å². The van der Waals surface area contributed by atoms with Gasteiger partial charge >= 0.3 is 6.09 Å². The molecule has 0 aromatic heterocycles. The fraction of sp³-hybridized carbons (Fsp3) is 0.588. The number of benzene rings is 1. The molecule has 3 nitrogen and oxygen atoms in total. The molecule has 21 heavy (non-hydrogen) atoms. The molecule has 0 aliphatic heterocycles. The van der Waals surface area contributed by atoms with Gasteiger partial charge in [-0.1, -0.05) is 35.8 Å². The maximum Gasteiger partial charge on any atom is 0.410 e. The van der Waals surface area contributed by atoms with Crippen LogP contribution in [0.5, 0.6) is 0 Å². The highest BCUT2D eigenvalue weighted by atomic mass is 79.9. The number of hydrogen-bond donors (Lipinski definition) is 0. The number of carbonyl (C=O) groups is 1. The second kappa shape index (κ2) is 9.08. The lowest BCUT2D eigenvalue weighted by Gasteiger charge is -2.27. The molecule has 0 saturated heterocycles. The Kier molecular flexibility index (Phi) is 8.64. The zero-order chi connectivity index (χ0) is 16.6. The second-order valence-corrected chi connectivity index (χ2v) is 6.48. The average Bonchev–Trinajstić information content (AvgIpc) is 2.40. The minimum absolute atomic E-state index is 0.269. The van der Waals surface area contributed by atoms with Gasteiger partial charge in [-0.2, -0.15) is 0 Å². The summed E-state index contributed by atoms with van der Waals surface area (Å²) in [5.74, 6) is 0. The molecule has 0 bridgehead atoms. The van der Waals surface area contributed by atoms with Gasteiger partial charge in [0, 0.05) is 17.6 Å². The lowest BCUT2D eigenvalue weighted by Crippen LogP contribution is -2.36. The minimum Gasteiger partial charge on any atom is -0.444 e. The fourth-order valence-electron chi connectivity index (χ4n) is 1.65. The molecule has 1 rings (SSSR count). The number of ether oxygens (including phenoxy) is 1. The van der Waals surface area contributed by atoms with Crippen molar-refractivity contribution in [2.75, 3.05) is 6.54 Å². The van der Waals surface area contributed by atoms with E-state index in [0.29, 0.717) is 13.1 Å². The van der Waals surface area contributed by atoms with Crippen LogP contribution in [0, 0.1) is 6.92 Å². The van der Waals surface area contributed by atoms with Gasteiger partial charge in [-0.05, 0) is 57.9 Å². The van der Waals surface area contributed by atoms with Crippen LogP contribution in [0.3, 0.4) is 0 Å². The molecule has 0 atom stereocenters. The number of hydrogen-bond acceptors (Lipinski definition) is 2. The molecular weight excluding hydrogens is 330 g/mol. The number of aryl methyl sites for hydroxylation is 1. The zero-order valence-electron chi connectivity index (χ0n) is 14.3. The monoisotopic (exact) mass is 357 g/mol. The van der Waals surface area contributed by atoms with Crippen LogP contribution in [0.1, 0.15) is 52.7 Å². The Morgan fingerprint density at radius 2 is 1.86 bits per heavy atom. The van der Waals surface area contributed by atoms with Gasteiger partial charge in [-0.25, -0.2) is 4.79 Å². The molecule has 0 N–H and O–H groups in total. The first-order valence-electron chi connectivity index (χ1n) is 7.46. The normalized spacial score (nSPS) is 10.5. The van der Waals surface area contributed by atoms with Gasteiger partial charge in [-0.15, -0.1) is 0 Å². The molecule has 0 saturated carbocycles. The maximum atomic E-state index is 12.1. The molecule has 0 heterocycles. The summed E-state index contributed by atoms with van der Waals surface area (Å²) in [7, 11) is 0. The van der Waals surface area contributed by atoms with Crippen molar-refractivity contribution in [3.8, 4) is 0 Å². The standard InChI is InChI=1S/C15H22BrNO2.C2H6/c1-6-17(14(18)19-15(3,4)5)10-12-9-13(16)8-7-11(12)2;1-2/h7-9H,6,10H2,1-5H3;1-2H3. The SMILES string of the molecule is CC.CCN(Cc1cc(Br)ccc1C)C(=O)OC(C)(C)C. The summed E-state index contributed by atoms with van der Waals surface area (Å²) in [6.07, 6.45) is -0.269. The highest BCUT2D eigenvalue weighted by molar-refractivity contribution is 9.10. The zero-order valence-corrected chi connectivity index (χ0v) is 15.9. The summed E-state index contributed by atoms with van der Waals surface area (Å²) in [5, 5.41) is 0. The van der Waals surface area contributed by atoms with Crippen molar-refractivity contribution in [3.05, 3.63) is 33.8 Å². The van der Waals surface area contributed by atoms with Gasteiger partial charge in [0.15, 0.2) is 0 Å². The minimum atomic E-state index is -0.461. The van der Waals surface area contributed by atoms with Crippen LogP contribution in [0.2, 0.25) is 0 Å². The van der Waals surface area contributed by atoms with Gasteiger partial charge in [0.25, 0.3) is 0 Å². The fourth-order valence-corrected chi connectivity index (χ4v) is 2.06. The lowest BCUT2D eigenvalue weighted by molar-refractivity contribution is 0.0244. The number of rotatable bonds is 3. The third kappa shape index (κ3) is 7.51. The van der Waals surface area contributed by atoms with Crippen molar-refractivity contribution in [1.82, 2.24) is 4.90 Å². The Bertz CT molecular complexity index is 453. The first-order chi connectivity index (χ1) is 9.73. The quantitative estimate of drug-likeness (QED) is 0.710. The number of halogens is 1. The molecule has 0 spiro atoms. The van der Waals surface area contributed by atoms with Gasteiger partial charge < -0.3 is 9.64 Å². The highest BCUT2D eigenvalue weighted by Gasteiger charge is 2.21. The van der Waals surface area contributed by atoms with Gasteiger partial charge in [0.05, 0.1) is 0 Å². The molecule has 0 aliphatic rings. The first kappa shape index (κ1) is 20.0. The summed E-state index contributed by atoms with van der Waals surface area (Å²) in [6.45, 7) is 14.8. The molecule has 4 heteroatoms. The van der Waals surface area contributed by atoms with Gasteiger partial charge in [0.2, 0.25) is 0 Å². The molecule has 0 unspecified atom stereocenters. The number of nitrogens with zero attached hydrogens (tertiary/aromatic N) is 1. The molecule has 1 aromatic rings. The first-order valence-corrected chi connectivity index (χ1v) is 8.25. The highest BCUT2D eigenvalue weighted by Crippen LogP contribution is 2.19. The molecule has 1 amide bonds. The van der Waals surface area contributed by atoms with Gasteiger partial charge in [-0.3, -0.25) is 0 Å². The van der Waals surface area contributed by atoms with E-state index in [1.807, 2.05) is 66.7 Å². The van der Waals surface area contributed by atoms with Crippen molar-refractivity contribution < 1.29 is 9.53 Å². The van der Waals surface area contributed by atoms with Crippen molar-refractivity contribution in [1.29, 1.82) is 0 Å². The van der Waals surface area contributed by atoms with Crippen molar-refractivity contribution >= 4 is 22.0 Å². The van der Waals surface area contributed by atoms with Crippen molar-refractivity contribution in [3.63, 3.8) is 0 Å². The maximum absolute atomic E-state index is 12.1. The summed E-state index contributed by atoms with van der Waals surface area (Å²) in [5.41, 5.74) is 1.84. The molecule has 1 aromatic carbocycles. The predicted octanol–water partition coefficient (Wildman–Crippen LogP) is 5.54. The van der Waals surface area contributed by atoms with E-state index in [2.05, 4.69) is 15.9 Å². The second-order valence-electron chi connectivity index (χ2n) is 5.57. The van der Waals surface area contributed by atoms with E-state index in [4.69, 9.17) is 4.74 Å². The average molecular weight is 358 g/mol. The third-order valence-electron chi connectivity index (χ3n) is 2.71. The van der Waals surface area contributed by atoms with Crippen LogP contribution in [-0.2, 0) is 11.3 Å². The largest absolute Gasteiger partial charge is 0.444 e. The Morgan fingerprint density at radius 1 is 1.29 bits per heavy atom. The Balaban J connectivity index is 0.00000191. The summed E-state index contributed by atoms with van der Waals surface area (Å²) >= 11 is 3.46. The van der Waals surface area contributed by atoms with Crippen LogP contribution in [0.15, 0.2) is 22.7 Å². The van der Waals surface area contributed by atoms with Crippen LogP contribution < -0.4 is 0 Å². The van der Waals surface area contributed by atoms with E-state index < -0.39 is 5.60 Å². The van der Waals surface area contributed by atoms with Crippen LogP contribution in [0.25, 0.3) is 0 Å². The predicted molar refractivity (Wildman–Crippen MR) is 92.5 cm³/mol. The molecule has 0 fully saturated rings. The smallest absolute Gasteiger partial charge is 0.410 e. The third-order valence-corrected chi connectivity index (χ3v) is 3.20. The van der Waals surface area contributed by atoms with E-state index in [-0.39, 0.29) is 6.09 Å². The van der Waals surface area contributed by atoms with Crippen LogP contribution >= 0.6 is 15.9 Å². The Hall–Kier alpha value is -1.03. The molecule has 0 radical (unpaired) electrons. The van der Waals surface area contributed by atoms with Gasteiger partial charge in [0.1, 0.15) is 5.60 Å². The van der Waals surface area contributed by atoms with Crippen molar-refractivity contribution in [2.45, 2.75) is 60.6 Å². The van der Waals surface area contributed by atoms with E-state index >= 15 is 0 Å². The topological polar surface area (TPSA) is 29.5 Å². The molecule has 0 aliphatic carbocycles. The Labute approximate surface area is 137 Å².